The monoisotopic (exact) mass is 617 g/mol. The number of ether oxygens (including phenoxy) is 2. The molecule has 0 aliphatic carbocycles. The Morgan fingerprint density at radius 3 is 2.48 bits per heavy atom. The second-order valence-electron chi connectivity index (χ2n) is 7.54. The molecule has 0 radical (unpaired) electrons. The van der Waals surface area contributed by atoms with Crippen LogP contribution in [0.5, 0.6) is 11.5 Å². The number of halogens is 2. The average Bonchev–Trinajstić information content (AvgIpc) is 3.22. The molecular weight excluding hydrogens is 601 g/mol. The standard InChI is InChI=1S/C21H17ClIN3O5S2/c1-21(2,3)31-20(27)26(19-11-32-12-25-19)33(28,29)15-5-7-17(13(8-15)10-24)30-18-6-4-14(22)9-16(18)23/h4-9,11-12H,1-3H3. The Morgan fingerprint density at radius 2 is 1.91 bits per heavy atom. The summed E-state index contributed by atoms with van der Waals surface area (Å²) >= 11 is 9.12. The van der Waals surface area contributed by atoms with Gasteiger partial charge in [-0.3, -0.25) is 0 Å². The van der Waals surface area contributed by atoms with Gasteiger partial charge in [-0.15, -0.1) is 15.6 Å². The minimum absolute atomic E-state index is 0.0377. The molecule has 33 heavy (non-hydrogen) atoms. The molecule has 0 saturated carbocycles. The topological polar surface area (TPSA) is 110 Å². The summed E-state index contributed by atoms with van der Waals surface area (Å²) in [5, 5.41) is 11.6. The molecule has 2 aromatic carbocycles. The van der Waals surface area contributed by atoms with Gasteiger partial charge >= 0.3 is 6.09 Å². The summed E-state index contributed by atoms with van der Waals surface area (Å²) in [4.78, 5) is 16.5. The lowest BCUT2D eigenvalue weighted by Gasteiger charge is -2.25. The molecule has 0 N–H and O–H groups in total. The Balaban J connectivity index is 2.02. The van der Waals surface area contributed by atoms with E-state index in [1.54, 1.807) is 39.0 Å². The van der Waals surface area contributed by atoms with Crippen molar-refractivity contribution in [1.29, 1.82) is 5.26 Å². The zero-order chi connectivity index (χ0) is 24.4. The Hall–Kier alpha value is -2.40. The van der Waals surface area contributed by atoms with Gasteiger partial charge in [0.15, 0.2) is 5.82 Å². The first-order valence-corrected chi connectivity index (χ1v) is 13.1. The van der Waals surface area contributed by atoms with Gasteiger partial charge in [-0.1, -0.05) is 11.6 Å². The van der Waals surface area contributed by atoms with Crippen LogP contribution in [0.3, 0.4) is 0 Å². The van der Waals surface area contributed by atoms with Gasteiger partial charge in [-0.05, 0) is 79.8 Å². The van der Waals surface area contributed by atoms with Crippen molar-refractivity contribution in [2.45, 2.75) is 31.3 Å². The molecule has 3 aromatic rings. The zero-order valence-corrected chi connectivity index (χ0v) is 22.1. The normalized spacial score (nSPS) is 11.5. The second kappa shape index (κ2) is 9.84. The molecule has 172 valence electrons. The van der Waals surface area contributed by atoms with E-state index in [1.165, 1.54) is 23.0 Å². The fourth-order valence-electron chi connectivity index (χ4n) is 2.55. The fraction of sp³-hybridized carbons (Fsp3) is 0.190. The third-order valence-electron chi connectivity index (χ3n) is 3.91. The van der Waals surface area contributed by atoms with Crippen LogP contribution in [0.1, 0.15) is 26.3 Å². The number of hydrogen-bond acceptors (Lipinski definition) is 8. The van der Waals surface area contributed by atoms with E-state index >= 15 is 0 Å². The van der Waals surface area contributed by atoms with Crippen LogP contribution >= 0.6 is 45.5 Å². The van der Waals surface area contributed by atoms with Gasteiger partial charge in [-0.2, -0.15) is 5.26 Å². The van der Waals surface area contributed by atoms with Gasteiger partial charge in [0.25, 0.3) is 10.0 Å². The first-order valence-electron chi connectivity index (χ1n) is 9.26. The Labute approximate surface area is 213 Å². The lowest BCUT2D eigenvalue weighted by Crippen LogP contribution is -2.41. The number of aromatic nitrogens is 1. The predicted octanol–water partition coefficient (Wildman–Crippen LogP) is 6.20. The fourth-order valence-corrected chi connectivity index (χ4v) is 5.42. The predicted molar refractivity (Wildman–Crippen MR) is 133 cm³/mol. The third-order valence-corrected chi connectivity index (χ3v) is 7.23. The first-order chi connectivity index (χ1) is 15.4. The summed E-state index contributed by atoms with van der Waals surface area (Å²) in [6, 6.07) is 10.6. The van der Waals surface area contributed by atoms with Crippen LogP contribution in [0, 0.1) is 14.9 Å². The average molecular weight is 618 g/mol. The lowest BCUT2D eigenvalue weighted by atomic mass is 10.2. The number of carbonyl (C=O) groups excluding carboxylic acids is 1. The maximum absolute atomic E-state index is 13.4. The maximum atomic E-state index is 13.4. The highest BCUT2D eigenvalue weighted by Gasteiger charge is 2.36. The molecule has 0 aliphatic rings. The number of benzene rings is 2. The van der Waals surface area contributed by atoms with Crippen LogP contribution in [-0.2, 0) is 14.8 Å². The van der Waals surface area contributed by atoms with Crippen molar-refractivity contribution in [3.05, 3.63) is 61.4 Å². The van der Waals surface area contributed by atoms with Gasteiger partial charge in [0.2, 0.25) is 0 Å². The molecule has 3 rings (SSSR count). The van der Waals surface area contributed by atoms with Gasteiger partial charge in [0, 0.05) is 10.4 Å². The van der Waals surface area contributed by atoms with Gasteiger partial charge in [0.05, 0.1) is 19.5 Å². The molecule has 1 heterocycles. The Morgan fingerprint density at radius 1 is 1.21 bits per heavy atom. The molecule has 1 aromatic heterocycles. The van der Waals surface area contributed by atoms with Crippen LogP contribution < -0.4 is 9.04 Å². The van der Waals surface area contributed by atoms with Crippen molar-refractivity contribution in [3.8, 4) is 17.6 Å². The van der Waals surface area contributed by atoms with E-state index in [9.17, 15) is 18.5 Å². The van der Waals surface area contributed by atoms with Gasteiger partial charge in [-0.25, -0.2) is 18.2 Å². The number of nitriles is 1. The maximum Gasteiger partial charge on any atom is 0.430 e. The molecule has 0 bridgehead atoms. The second-order valence-corrected chi connectivity index (χ2v) is 11.6. The number of thiazole rings is 1. The molecule has 1 amide bonds. The van der Waals surface area contributed by atoms with E-state index in [4.69, 9.17) is 21.1 Å². The van der Waals surface area contributed by atoms with E-state index in [0.29, 0.717) is 18.6 Å². The van der Waals surface area contributed by atoms with E-state index in [-0.39, 0.29) is 22.0 Å². The van der Waals surface area contributed by atoms with Crippen LogP contribution in [0.15, 0.2) is 52.2 Å². The number of carbonyl (C=O) groups is 1. The highest BCUT2D eigenvalue weighted by molar-refractivity contribution is 14.1. The first kappa shape index (κ1) is 25.2. The number of hydrogen-bond donors (Lipinski definition) is 0. The highest BCUT2D eigenvalue weighted by atomic mass is 127. The minimum atomic E-state index is -4.45. The largest absolute Gasteiger partial charge is 0.455 e. The quantitative estimate of drug-likeness (QED) is 0.314. The van der Waals surface area contributed by atoms with E-state index in [0.717, 1.165) is 17.4 Å². The molecule has 0 aliphatic heterocycles. The minimum Gasteiger partial charge on any atom is -0.455 e. The Bertz CT molecular complexity index is 1330. The van der Waals surface area contributed by atoms with Crippen LogP contribution in [0.4, 0.5) is 10.6 Å². The molecular formula is C21H17ClIN3O5S2. The van der Waals surface area contributed by atoms with Crippen molar-refractivity contribution in [3.63, 3.8) is 0 Å². The lowest BCUT2D eigenvalue weighted by molar-refractivity contribution is 0.0608. The van der Waals surface area contributed by atoms with E-state index in [1.807, 2.05) is 28.7 Å². The van der Waals surface area contributed by atoms with E-state index < -0.39 is 21.7 Å². The molecule has 0 atom stereocenters. The third kappa shape index (κ3) is 5.94. The Kier molecular flexibility index (Phi) is 7.52. The number of anilines is 1. The summed E-state index contributed by atoms with van der Waals surface area (Å²) in [5.41, 5.74) is 0.420. The van der Waals surface area contributed by atoms with Crippen molar-refractivity contribution >= 4 is 67.5 Å². The summed E-state index contributed by atoms with van der Waals surface area (Å²) in [6.07, 6.45) is -1.11. The van der Waals surface area contributed by atoms with Crippen molar-refractivity contribution < 1.29 is 22.7 Å². The molecule has 0 saturated heterocycles. The smallest absolute Gasteiger partial charge is 0.430 e. The number of rotatable bonds is 5. The van der Waals surface area contributed by atoms with Crippen molar-refractivity contribution in [2.24, 2.45) is 0 Å². The molecule has 0 fully saturated rings. The summed E-state index contributed by atoms with van der Waals surface area (Å²) in [6.45, 7) is 4.86. The van der Waals surface area contributed by atoms with Crippen LogP contribution in [-0.4, -0.2) is 25.1 Å². The molecule has 12 heteroatoms. The molecule has 8 nitrogen and oxygen atoms in total. The van der Waals surface area contributed by atoms with E-state index in [2.05, 4.69) is 4.98 Å². The summed E-state index contributed by atoms with van der Waals surface area (Å²) in [5.74, 6) is 0.489. The molecule has 0 spiro atoms. The van der Waals surface area contributed by atoms with Crippen LogP contribution in [0.25, 0.3) is 0 Å². The van der Waals surface area contributed by atoms with Gasteiger partial charge < -0.3 is 9.47 Å². The zero-order valence-electron chi connectivity index (χ0n) is 17.6. The number of sulfonamides is 1. The highest BCUT2D eigenvalue weighted by Crippen LogP contribution is 2.33. The van der Waals surface area contributed by atoms with Gasteiger partial charge in [0.1, 0.15) is 23.2 Å². The number of amides is 1. The van der Waals surface area contributed by atoms with Crippen LogP contribution in [0.2, 0.25) is 5.02 Å². The van der Waals surface area contributed by atoms with Crippen molar-refractivity contribution in [2.75, 3.05) is 4.31 Å². The molecule has 0 unspecified atom stereocenters. The van der Waals surface area contributed by atoms with Crippen molar-refractivity contribution in [1.82, 2.24) is 4.98 Å². The SMILES string of the molecule is CC(C)(C)OC(=O)N(c1cscn1)S(=O)(=O)c1ccc(Oc2ccc(Cl)cc2I)c(C#N)c1. The summed E-state index contributed by atoms with van der Waals surface area (Å²) < 4.78 is 39.1. The summed E-state index contributed by atoms with van der Waals surface area (Å²) in [7, 11) is -4.45. The number of nitrogens with zero attached hydrogens (tertiary/aromatic N) is 3.